The molecule has 1 saturated carbocycles. The smallest absolute Gasteiger partial charge is 0.0613 e. The van der Waals surface area contributed by atoms with Gasteiger partial charge in [-0.15, -0.1) is 0 Å². The molecule has 1 rings (SSSR count). The summed E-state index contributed by atoms with van der Waals surface area (Å²) in [6.45, 7) is 4.54. The molecule has 0 aromatic rings. The van der Waals surface area contributed by atoms with Crippen LogP contribution in [0.15, 0.2) is 0 Å². The Balaban J connectivity index is 2.33. The predicted octanol–water partition coefficient (Wildman–Crippen LogP) is 0.899. The highest BCUT2D eigenvalue weighted by Gasteiger charge is 2.36. The van der Waals surface area contributed by atoms with E-state index in [4.69, 9.17) is 5.11 Å². The zero-order chi connectivity index (χ0) is 7.61. The third-order valence-corrected chi connectivity index (χ3v) is 2.21. The van der Waals surface area contributed by atoms with Crippen LogP contribution in [-0.4, -0.2) is 23.3 Å². The number of aliphatic hydroxyl groups is 1. The first-order valence-corrected chi connectivity index (χ1v) is 4.07. The largest absolute Gasteiger partial charge is 0.394 e. The van der Waals surface area contributed by atoms with E-state index in [-0.39, 0.29) is 5.54 Å². The van der Waals surface area contributed by atoms with Gasteiger partial charge in [0, 0.05) is 11.6 Å². The molecule has 60 valence electrons. The lowest BCUT2D eigenvalue weighted by Gasteiger charge is -2.42. The molecule has 0 spiro atoms. The van der Waals surface area contributed by atoms with Crippen LogP contribution in [0.3, 0.4) is 0 Å². The van der Waals surface area contributed by atoms with Crippen molar-refractivity contribution >= 4 is 0 Å². The third kappa shape index (κ3) is 1.50. The number of aliphatic hydroxyl groups excluding tert-OH is 1. The highest BCUT2D eigenvalue weighted by atomic mass is 16.3. The van der Waals surface area contributed by atoms with Crippen LogP contribution in [0.1, 0.15) is 33.1 Å². The monoisotopic (exact) mass is 143 g/mol. The van der Waals surface area contributed by atoms with E-state index in [0.717, 1.165) is 12.8 Å². The van der Waals surface area contributed by atoms with Crippen molar-refractivity contribution in [2.75, 3.05) is 6.61 Å². The van der Waals surface area contributed by atoms with Gasteiger partial charge in [0.25, 0.3) is 0 Å². The molecule has 10 heavy (non-hydrogen) atoms. The summed E-state index contributed by atoms with van der Waals surface area (Å²) in [5.41, 5.74) is 0.0914. The second-order valence-corrected chi connectivity index (χ2v) is 3.59. The van der Waals surface area contributed by atoms with E-state index in [1.807, 2.05) is 0 Å². The summed E-state index contributed by atoms with van der Waals surface area (Å²) < 4.78 is 0. The van der Waals surface area contributed by atoms with E-state index < -0.39 is 0 Å². The van der Waals surface area contributed by atoms with Gasteiger partial charge in [0.1, 0.15) is 0 Å². The number of hydrogen-bond donors (Lipinski definition) is 2. The Morgan fingerprint density at radius 2 is 2.10 bits per heavy atom. The van der Waals surface area contributed by atoms with Gasteiger partial charge in [0.2, 0.25) is 0 Å². The second kappa shape index (κ2) is 2.89. The fourth-order valence-corrected chi connectivity index (χ4v) is 1.56. The fraction of sp³-hybridized carbons (Fsp3) is 1.00. The van der Waals surface area contributed by atoms with Gasteiger partial charge in [-0.05, 0) is 19.3 Å². The Labute approximate surface area is 62.6 Å². The lowest BCUT2D eigenvalue weighted by molar-refractivity contribution is 0.0809. The van der Waals surface area contributed by atoms with Crippen LogP contribution in [0.5, 0.6) is 0 Å². The van der Waals surface area contributed by atoms with E-state index in [1.54, 1.807) is 0 Å². The summed E-state index contributed by atoms with van der Waals surface area (Å²) in [4.78, 5) is 0. The Morgan fingerprint density at radius 1 is 1.50 bits per heavy atom. The van der Waals surface area contributed by atoms with Crippen LogP contribution >= 0.6 is 0 Å². The van der Waals surface area contributed by atoms with E-state index in [1.165, 1.54) is 6.42 Å². The molecule has 2 heteroatoms. The summed E-state index contributed by atoms with van der Waals surface area (Å²) in [6, 6.07) is 0.493. The van der Waals surface area contributed by atoms with Crippen LogP contribution in [-0.2, 0) is 0 Å². The molecular formula is C8H17NO. The maximum Gasteiger partial charge on any atom is 0.0613 e. The molecule has 2 N–H and O–H groups in total. The van der Waals surface area contributed by atoms with E-state index in [0.29, 0.717) is 12.6 Å². The Kier molecular flexibility index (Phi) is 2.32. The highest BCUT2D eigenvalue weighted by Crippen LogP contribution is 2.31. The van der Waals surface area contributed by atoms with Gasteiger partial charge in [-0.3, -0.25) is 0 Å². The van der Waals surface area contributed by atoms with Gasteiger partial charge < -0.3 is 10.4 Å². The van der Waals surface area contributed by atoms with E-state index in [9.17, 15) is 0 Å². The first-order chi connectivity index (χ1) is 4.68. The summed E-state index contributed by atoms with van der Waals surface area (Å²) in [7, 11) is 0. The Hall–Kier alpha value is -0.0800. The van der Waals surface area contributed by atoms with Crippen molar-refractivity contribution in [3.63, 3.8) is 0 Å². The molecule has 0 unspecified atom stereocenters. The van der Waals surface area contributed by atoms with Crippen molar-refractivity contribution in [3.05, 3.63) is 0 Å². The maximum absolute atomic E-state index is 9.02. The zero-order valence-electron chi connectivity index (χ0n) is 6.85. The van der Waals surface area contributed by atoms with Crippen molar-refractivity contribution in [2.24, 2.45) is 0 Å². The molecule has 1 aliphatic carbocycles. The average molecular weight is 143 g/mol. The molecular weight excluding hydrogens is 126 g/mol. The normalized spacial score (nSPS) is 22.8. The zero-order valence-corrected chi connectivity index (χ0v) is 6.85. The number of hydrogen-bond acceptors (Lipinski definition) is 2. The van der Waals surface area contributed by atoms with Gasteiger partial charge in [0.15, 0.2) is 0 Å². The minimum atomic E-state index is 0.0914. The molecule has 0 bridgehead atoms. The molecule has 0 heterocycles. The maximum atomic E-state index is 9.02. The summed E-state index contributed by atoms with van der Waals surface area (Å²) in [5.74, 6) is 0. The van der Waals surface area contributed by atoms with Gasteiger partial charge in [-0.25, -0.2) is 0 Å². The van der Waals surface area contributed by atoms with Crippen molar-refractivity contribution < 1.29 is 5.11 Å². The average Bonchev–Trinajstić information content (AvgIpc) is 1.78. The number of rotatable bonds is 3. The lowest BCUT2D eigenvalue weighted by Crippen LogP contribution is -2.56. The lowest BCUT2D eigenvalue weighted by atomic mass is 9.77. The van der Waals surface area contributed by atoms with Gasteiger partial charge in [-0.1, -0.05) is 13.8 Å². The minimum absolute atomic E-state index is 0.0914. The first kappa shape index (κ1) is 8.02. The van der Waals surface area contributed by atoms with E-state index >= 15 is 0 Å². The SMILES string of the molecule is CC(C)NC1(CO)CCC1. The fourth-order valence-electron chi connectivity index (χ4n) is 1.56. The van der Waals surface area contributed by atoms with Crippen molar-refractivity contribution in [3.8, 4) is 0 Å². The quantitative estimate of drug-likeness (QED) is 0.615. The Morgan fingerprint density at radius 3 is 2.20 bits per heavy atom. The predicted molar refractivity (Wildman–Crippen MR) is 41.9 cm³/mol. The number of nitrogens with one attached hydrogen (secondary N) is 1. The highest BCUT2D eigenvalue weighted by molar-refractivity contribution is 4.96. The third-order valence-electron chi connectivity index (χ3n) is 2.21. The van der Waals surface area contributed by atoms with Crippen LogP contribution in [0.4, 0.5) is 0 Å². The molecule has 0 amide bonds. The van der Waals surface area contributed by atoms with Crippen LogP contribution in [0, 0.1) is 0 Å². The topological polar surface area (TPSA) is 32.3 Å². The van der Waals surface area contributed by atoms with Gasteiger partial charge in [0.05, 0.1) is 6.61 Å². The first-order valence-electron chi connectivity index (χ1n) is 4.07. The molecule has 0 aromatic carbocycles. The van der Waals surface area contributed by atoms with E-state index in [2.05, 4.69) is 19.2 Å². The standard InChI is InChI=1S/C8H17NO/c1-7(2)9-8(6-10)4-3-5-8/h7,9-10H,3-6H2,1-2H3. The Bertz CT molecular complexity index is 102. The van der Waals surface area contributed by atoms with Crippen LogP contribution in [0.2, 0.25) is 0 Å². The summed E-state index contributed by atoms with van der Waals surface area (Å²) >= 11 is 0. The molecule has 1 fully saturated rings. The van der Waals surface area contributed by atoms with Crippen molar-refractivity contribution in [1.29, 1.82) is 0 Å². The second-order valence-electron chi connectivity index (χ2n) is 3.59. The molecule has 0 atom stereocenters. The van der Waals surface area contributed by atoms with Crippen molar-refractivity contribution in [1.82, 2.24) is 5.32 Å². The van der Waals surface area contributed by atoms with Gasteiger partial charge >= 0.3 is 0 Å². The molecule has 0 radical (unpaired) electrons. The molecule has 1 aliphatic rings. The summed E-state index contributed by atoms with van der Waals surface area (Å²) in [6.07, 6.45) is 3.55. The van der Waals surface area contributed by atoms with Crippen molar-refractivity contribution in [2.45, 2.75) is 44.7 Å². The molecule has 2 nitrogen and oxygen atoms in total. The van der Waals surface area contributed by atoms with Crippen LogP contribution in [0.25, 0.3) is 0 Å². The summed E-state index contributed by atoms with van der Waals surface area (Å²) in [5, 5.41) is 12.4. The molecule has 0 aliphatic heterocycles. The minimum Gasteiger partial charge on any atom is -0.394 e. The van der Waals surface area contributed by atoms with Gasteiger partial charge in [-0.2, -0.15) is 0 Å². The van der Waals surface area contributed by atoms with Crippen LogP contribution < -0.4 is 5.32 Å². The molecule has 0 saturated heterocycles. The molecule has 0 aromatic heterocycles.